The molecule has 2 aliphatic rings. The number of hydrogen-bond acceptors (Lipinski definition) is 5. The first-order valence-electron chi connectivity index (χ1n) is 11.5. The van der Waals surface area contributed by atoms with Crippen LogP contribution in [-0.4, -0.2) is 46.5 Å². The molecule has 1 aromatic heterocycles. The lowest BCUT2D eigenvalue weighted by Gasteiger charge is -2.36. The lowest BCUT2D eigenvalue weighted by Crippen LogP contribution is -2.38. The van der Waals surface area contributed by atoms with Crippen LogP contribution in [0.2, 0.25) is 0 Å². The van der Waals surface area contributed by atoms with Gasteiger partial charge in [0, 0.05) is 50.7 Å². The second kappa shape index (κ2) is 9.57. The van der Waals surface area contributed by atoms with Crippen LogP contribution in [-0.2, 0) is 17.8 Å². The van der Waals surface area contributed by atoms with E-state index in [-0.39, 0.29) is 23.4 Å². The van der Waals surface area contributed by atoms with Crippen LogP contribution in [0.3, 0.4) is 0 Å². The molecule has 0 bridgehead atoms. The van der Waals surface area contributed by atoms with Gasteiger partial charge in [0.2, 0.25) is 5.91 Å². The Morgan fingerprint density at radius 3 is 2.48 bits per heavy atom. The molecule has 3 heterocycles. The summed E-state index contributed by atoms with van der Waals surface area (Å²) in [5.41, 5.74) is 1.60. The minimum atomic E-state index is -1.48. The highest BCUT2D eigenvalue weighted by Gasteiger charge is 2.32. The zero-order valence-corrected chi connectivity index (χ0v) is 19.2. The molecule has 1 atom stereocenters. The van der Waals surface area contributed by atoms with E-state index in [4.69, 9.17) is 9.97 Å². The molecular weight excluding hydrogens is 431 g/mol. The predicted molar refractivity (Wildman–Crippen MR) is 121 cm³/mol. The molecule has 0 aliphatic carbocycles. The van der Waals surface area contributed by atoms with E-state index in [1.165, 1.54) is 6.07 Å². The average molecular weight is 462 g/mol. The summed E-state index contributed by atoms with van der Waals surface area (Å²) in [7, 11) is 0. The number of nitrogens with one attached hydrogen (secondary N) is 1. The van der Waals surface area contributed by atoms with Gasteiger partial charge >= 0.3 is 0 Å². The van der Waals surface area contributed by atoms with Crippen molar-refractivity contribution < 1.29 is 18.0 Å². The summed E-state index contributed by atoms with van der Waals surface area (Å²) < 4.78 is 42.3. The molecule has 4 rings (SSSR count). The summed E-state index contributed by atoms with van der Waals surface area (Å²) in [4.78, 5) is 25.4. The van der Waals surface area contributed by atoms with Crippen molar-refractivity contribution in [1.29, 1.82) is 0 Å². The van der Waals surface area contributed by atoms with E-state index in [0.29, 0.717) is 51.3 Å². The van der Waals surface area contributed by atoms with Crippen molar-refractivity contribution >= 4 is 17.5 Å². The van der Waals surface area contributed by atoms with Gasteiger partial charge in [-0.15, -0.1) is 0 Å². The normalized spacial score (nSPS) is 17.8. The number of aromatic nitrogens is 2. The first-order chi connectivity index (χ1) is 15.7. The van der Waals surface area contributed by atoms with Gasteiger partial charge in [-0.25, -0.2) is 23.1 Å². The van der Waals surface area contributed by atoms with Crippen LogP contribution in [0.1, 0.15) is 56.7 Å². The number of piperidine rings is 1. The minimum absolute atomic E-state index is 0.0188. The van der Waals surface area contributed by atoms with E-state index >= 15 is 4.39 Å². The maximum Gasteiger partial charge on any atom is 0.219 e. The number of fused-ring (bicyclic) bond motifs is 1. The summed E-state index contributed by atoms with van der Waals surface area (Å²) in [5, 5.41) is 3.36. The van der Waals surface area contributed by atoms with Gasteiger partial charge in [-0.2, -0.15) is 0 Å². The monoisotopic (exact) mass is 461 g/mol. The highest BCUT2D eigenvalue weighted by Crippen LogP contribution is 2.37. The number of hydrogen-bond donors (Lipinski definition) is 1. The number of alkyl halides is 1. The minimum Gasteiger partial charge on any atom is -0.365 e. The van der Waals surface area contributed by atoms with E-state index in [9.17, 15) is 13.6 Å². The maximum atomic E-state index is 15.1. The van der Waals surface area contributed by atoms with E-state index in [1.54, 1.807) is 11.8 Å². The van der Waals surface area contributed by atoms with Gasteiger partial charge in [-0.05, 0) is 38.7 Å². The second-order valence-electron chi connectivity index (χ2n) is 9.17. The third kappa shape index (κ3) is 5.07. The van der Waals surface area contributed by atoms with E-state index in [2.05, 4.69) is 10.2 Å². The molecule has 0 radical (unpaired) electrons. The molecule has 9 heteroatoms. The largest absolute Gasteiger partial charge is 0.365 e. The fourth-order valence-electron chi connectivity index (χ4n) is 4.56. The Morgan fingerprint density at radius 2 is 1.85 bits per heavy atom. The lowest BCUT2D eigenvalue weighted by molar-refractivity contribution is -0.129. The highest BCUT2D eigenvalue weighted by atomic mass is 19.1. The van der Waals surface area contributed by atoms with Crippen molar-refractivity contribution in [3.63, 3.8) is 0 Å². The number of halogens is 3. The third-order valence-electron chi connectivity index (χ3n) is 6.38. The van der Waals surface area contributed by atoms with Gasteiger partial charge in [0.25, 0.3) is 0 Å². The molecule has 0 spiro atoms. The third-order valence-corrected chi connectivity index (χ3v) is 6.38. The van der Waals surface area contributed by atoms with E-state index in [1.807, 2.05) is 13.8 Å². The molecule has 1 saturated heterocycles. The molecule has 2 aromatic rings. The van der Waals surface area contributed by atoms with Crippen molar-refractivity contribution in [2.45, 2.75) is 58.8 Å². The molecule has 0 saturated carbocycles. The number of carbonyl (C=O) groups excluding carboxylic acids is 1. The van der Waals surface area contributed by atoms with Gasteiger partial charge in [-0.3, -0.25) is 4.79 Å². The van der Waals surface area contributed by atoms with Crippen LogP contribution in [0.4, 0.5) is 24.8 Å². The van der Waals surface area contributed by atoms with Crippen molar-refractivity contribution in [3.05, 3.63) is 46.8 Å². The average Bonchev–Trinajstić information content (AvgIpc) is 2.77. The topological polar surface area (TPSA) is 61.4 Å². The van der Waals surface area contributed by atoms with Crippen LogP contribution in [0.5, 0.6) is 0 Å². The van der Waals surface area contributed by atoms with Crippen LogP contribution >= 0.6 is 0 Å². The van der Waals surface area contributed by atoms with Crippen molar-refractivity contribution in [2.75, 3.05) is 29.9 Å². The van der Waals surface area contributed by atoms with E-state index in [0.717, 1.165) is 29.3 Å². The Morgan fingerprint density at radius 1 is 1.12 bits per heavy atom. The summed E-state index contributed by atoms with van der Waals surface area (Å²) in [5.74, 6) is -0.480. The Balaban J connectivity index is 1.52. The highest BCUT2D eigenvalue weighted by molar-refractivity contribution is 5.73. The number of anilines is 2. The van der Waals surface area contributed by atoms with E-state index < -0.39 is 17.8 Å². The second-order valence-corrected chi connectivity index (χ2v) is 9.17. The van der Waals surface area contributed by atoms with Gasteiger partial charge in [-0.1, -0.05) is 6.07 Å². The smallest absolute Gasteiger partial charge is 0.219 e. The quantitative estimate of drug-likeness (QED) is 0.715. The Hall–Kier alpha value is -2.84. The molecule has 1 amide bonds. The molecule has 33 heavy (non-hydrogen) atoms. The van der Waals surface area contributed by atoms with Crippen molar-refractivity contribution in [3.8, 4) is 0 Å². The number of amides is 1. The Kier molecular flexibility index (Phi) is 6.76. The number of carbonyl (C=O) groups is 1. The molecule has 1 fully saturated rings. The van der Waals surface area contributed by atoms with Crippen molar-refractivity contribution in [2.24, 2.45) is 5.92 Å². The summed E-state index contributed by atoms with van der Waals surface area (Å²) in [6.45, 7) is 7.78. The van der Waals surface area contributed by atoms with Gasteiger partial charge in [0.05, 0.1) is 17.9 Å². The molecule has 1 N–H and O–H groups in total. The summed E-state index contributed by atoms with van der Waals surface area (Å²) in [6.07, 6.45) is 0.212. The SMILES string of the molecule is CC(=O)N1CCc2nc(N3CCC([C@H](F)c4ccc(F)cc4F)CC3)c(NC(C)C)nc2C1. The summed E-state index contributed by atoms with van der Waals surface area (Å²) in [6, 6.07) is 3.17. The molecule has 1 aromatic carbocycles. The Labute approximate surface area is 192 Å². The van der Waals surface area contributed by atoms with Crippen LogP contribution in [0.15, 0.2) is 18.2 Å². The fourth-order valence-corrected chi connectivity index (χ4v) is 4.56. The lowest BCUT2D eigenvalue weighted by atomic mass is 9.88. The zero-order chi connectivity index (χ0) is 23.7. The molecule has 178 valence electrons. The van der Waals surface area contributed by atoms with Crippen LogP contribution < -0.4 is 10.2 Å². The molecular formula is C24H30F3N5O. The number of rotatable bonds is 5. The fraction of sp³-hybridized carbons (Fsp3) is 0.542. The maximum absolute atomic E-state index is 15.1. The first-order valence-corrected chi connectivity index (χ1v) is 11.5. The number of benzene rings is 1. The Bertz CT molecular complexity index is 1020. The van der Waals surface area contributed by atoms with Crippen LogP contribution in [0.25, 0.3) is 0 Å². The molecule has 6 nitrogen and oxygen atoms in total. The van der Waals surface area contributed by atoms with Gasteiger partial charge in [0.1, 0.15) is 17.8 Å². The van der Waals surface area contributed by atoms with Gasteiger partial charge < -0.3 is 15.1 Å². The first kappa shape index (κ1) is 23.3. The summed E-state index contributed by atoms with van der Waals surface area (Å²) >= 11 is 0. The number of nitrogens with zero attached hydrogens (tertiary/aromatic N) is 4. The van der Waals surface area contributed by atoms with Gasteiger partial charge in [0.15, 0.2) is 11.6 Å². The zero-order valence-electron chi connectivity index (χ0n) is 19.2. The standard InChI is InChI=1S/C24H30F3N5O/c1-14(2)28-23-24(30-20-8-11-32(15(3)33)13-21(20)29-23)31-9-6-16(7-10-31)22(27)18-5-4-17(25)12-19(18)26/h4-5,12,14,16,22H,6-11,13H2,1-3H3,(H,28,29)/t22-/m0/s1. The molecule has 2 aliphatic heterocycles. The van der Waals surface area contributed by atoms with Crippen LogP contribution in [0, 0.1) is 17.6 Å². The predicted octanol–water partition coefficient (Wildman–Crippen LogP) is 4.41. The van der Waals surface area contributed by atoms with Crippen molar-refractivity contribution in [1.82, 2.24) is 14.9 Å². The molecule has 0 unspecified atom stereocenters.